The summed E-state index contributed by atoms with van der Waals surface area (Å²) in [6.45, 7) is 5.58. The fourth-order valence-corrected chi connectivity index (χ4v) is 5.00. The van der Waals surface area contributed by atoms with Gasteiger partial charge in [-0.15, -0.1) is 0 Å². The molecule has 0 bridgehead atoms. The molecule has 1 aliphatic carbocycles. The first kappa shape index (κ1) is 29.7. The molecule has 0 radical (unpaired) electrons. The molecule has 2 atom stereocenters. The van der Waals surface area contributed by atoms with Crippen molar-refractivity contribution in [3.05, 3.63) is 29.8 Å². The van der Waals surface area contributed by atoms with Crippen LogP contribution in [-0.4, -0.2) is 96.4 Å². The third kappa shape index (κ3) is 7.47. The molecular weight excluding hydrogens is 526 g/mol. The number of para-hydroxylation sites is 1. The lowest BCUT2D eigenvalue weighted by Gasteiger charge is -2.34. The van der Waals surface area contributed by atoms with Gasteiger partial charge in [0.15, 0.2) is 6.61 Å². The van der Waals surface area contributed by atoms with Gasteiger partial charge in [-0.2, -0.15) is 0 Å². The Morgan fingerprint density at radius 3 is 2.45 bits per heavy atom. The van der Waals surface area contributed by atoms with Crippen molar-refractivity contribution < 1.29 is 37.4 Å². The molecular formula is C28H38F2N4O6. The van der Waals surface area contributed by atoms with Crippen LogP contribution in [0.25, 0.3) is 0 Å². The van der Waals surface area contributed by atoms with E-state index in [-0.39, 0.29) is 54.8 Å². The fraction of sp³-hybridized carbons (Fsp3) is 0.643. The molecule has 4 amide bonds. The average Bonchev–Trinajstić information content (AvgIpc) is 3.54. The van der Waals surface area contributed by atoms with E-state index in [9.17, 15) is 28.0 Å². The van der Waals surface area contributed by atoms with E-state index < -0.39 is 48.7 Å². The molecule has 0 spiro atoms. The Labute approximate surface area is 232 Å². The molecule has 0 aromatic heterocycles. The summed E-state index contributed by atoms with van der Waals surface area (Å²) in [5, 5.41) is 5.56. The molecule has 0 unspecified atom stereocenters. The van der Waals surface area contributed by atoms with Gasteiger partial charge in [-0.05, 0) is 44.2 Å². The minimum absolute atomic E-state index is 0.0651. The molecule has 10 nitrogen and oxygen atoms in total. The van der Waals surface area contributed by atoms with E-state index in [2.05, 4.69) is 10.6 Å². The smallest absolute Gasteiger partial charge is 0.267 e. The first-order valence-electron chi connectivity index (χ1n) is 13.8. The van der Waals surface area contributed by atoms with Crippen molar-refractivity contribution in [2.45, 2.75) is 70.0 Å². The molecule has 3 fully saturated rings. The summed E-state index contributed by atoms with van der Waals surface area (Å²) in [4.78, 5) is 54.8. The first-order valence-corrected chi connectivity index (χ1v) is 13.8. The van der Waals surface area contributed by atoms with Crippen LogP contribution >= 0.6 is 0 Å². The van der Waals surface area contributed by atoms with E-state index in [0.717, 1.165) is 17.7 Å². The average molecular weight is 565 g/mol. The number of hydrogen-bond donors (Lipinski definition) is 2. The van der Waals surface area contributed by atoms with Crippen LogP contribution in [0, 0.1) is 5.92 Å². The Hall–Kier alpha value is -3.28. The lowest BCUT2D eigenvalue weighted by Crippen LogP contribution is -2.55. The first-order chi connectivity index (χ1) is 18.9. The van der Waals surface area contributed by atoms with Gasteiger partial charge in [0.1, 0.15) is 17.8 Å². The number of morpholine rings is 1. The quantitative estimate of drug-likeness (QED) is 0.449. The number of carbonyl (C=O) groups excluding carboxylic acids is 4. The number of halogens is 2. The Kier molecular flexibility index (Phi) is 8.96. The summed E-state index contributed by atoms with van der Waals surface area (Å²) in [5.74, 6) is -5.38. The van der Waals surface area contributed by atoms with E-state index in [1.54, 1.807) is 18.2 Å². The van der Waals surface area contributed by atoms with Crippen LogP contribution in [0.4, 0.5) is 8.78 Å². The van der Waals surface area contributed by atoms with Gasteiger partial charge in [0.05, 0.1) is 25.3 Å². The Balaban J connectivity index is 1.48. The van der Waals surface area contributed by atoms with Crippen LogP contribution < -0.4 is 15.4 Å². The second-order valence-corrected chi connectivity index (χ2v) is 11.5. The standard InChI is InChI=1S/C28H38F2N4O6/c1-18(2)14-20(25(37)34-17-28(29,30)15-21(34)26(38)33-10-12-39-13-11-33)31-24(36)19-6-4-5-7-22(19)40-16-23(35)32-27(3)8-9-27/h4-7,18,20-21H,8-17H2,1-3H3,(H,31,36)(H,32,35)/t20-,21-/m1/s1. The third-order valence-electron chi connectivity index (χ3n) is 7.40. The van der Waals surface area contributed by atoms with Crippen LogP contribution in [0.1, 0.15) is 56.8 Å². The van der Waals surface area contributed by atoms with E-state index in [1.807, 2.05) is 20.8 Å². The lowest BCUT2D eigenvalue weighted by molar-refractivity contribution is -0.147. The molecule has 1 saturated carbocycles. The molecule has 2 aliphatic heterocycles. The molecule has 40 heavy (non-hydrogen) atoms. The zero-order chi connectivity index (χ0) is 29.1. The summed E-state index contributed by atoms with van der Waals surface area (Å²) >= 11 is 0. The minimum atomic E-state index is -3.23. The summed E-state index contributed by atoms with van der Waals surface area (Å²) in [7, 11) is 0. The topological polar surface area (TPSA) is 117 Å². The molecule has 4 rings (SSSR count). The zero-order valence-electron chi connectivity index (χ0n) is 23.2. The van der Waals surface area contributed by atoms with Crippen LogP contribution in [-0.2, 0) is 19.1 Å². The second kappa shape index (κ2) is 12.1. The summed E-state index contributed by atoms with van der Waals surface area (Å²) in [6.07, 6.45) is 1.19. The van der Waals surface area contributed by atoms with Gasteiger partial charge < -0.3 is 29.9 Å². The van der Waals surface area contributed by atoms with Crippen molar-refractivity contribution in [1.29, 1.82) is 0 Å². The number of hydrogen-bond acceptors (Lipinski definition) is 6. The number of amides is 4. The van der Waals surface area contributed by atoms with Gasteiger partial charge in [-0.1, -0.05) is 26.0 Å². The monoisotopic (exact) mass is 564 g/mol. The van der Waals surface area contributed by atoms with Gasteiger partial charge in [-0.25, -0.2) is 8.78 Å². The number of benzene rings is 1. The van der Waals surface area contributed by atoms with Crippen LogP contribution in [0.5, 0.6) is 5.75 Å². The number of ether oxygens (including phenoxy) is 2. The number of rotatable bonds is 10. The van der Waals surface area contributed by atoms with Crippen LogP contribution in [0.3, 0.4) is 0 Å². The van der Waals surface area contributed by atoms with Gasteiger partial charge in [0.25, 0.3) is 17.7 Å². The zero-order valence-corrected chi connectivity index (χ0v) is 23.2. The largest absolute Gasteiger partial charge is 0.483 e. The highest BCUT2D eigenvalue weighted by Gasteiger charge is 2.52. The SMILES string of the molecule is CC(C)C[C@@H](NC(=O)c1ccccc1OCC(=O)NC1(C)CC1)C(=O)N1CC(F)(F)C[C@@H]1C(=O)N1CCOCC1. The maximum absolute atomic E-state index is 14.6. The number of nitrogens with zero attached hydrogens (tertiary/aromatic N) is 2. The van der Waals surface area contributed by atoms with Crippen molar-refractivity contribution in [2.24, 2.45) is 5.92 Å². The second-order valence-electron chi connectivity index (χ2n) is 11.5. The fourth-order valence-electron chi connectivity index (χ4n) is 5.00. The van der Waals surface area contributed by atoms with E-state index in [0.29, 0.717) is 13.2 Å². The molecule has 12 heteroatoms. The van der Waals surface area contributed by atoms with Crippen molar-refractivity contribution in [3.8, 4) is 5.75 Å². The molecule has 1 aromatic rings. The third-order valence-corrected chi connectivity index (χ3v) is 7.40. The number of nitrogens with one attached hydrogen (secondary N) is 2. The maximum Gasteiger partial charge on any atom is 0.267 e. The molecule has 3 aliphatic rings. The van der Waals surface area contributed by atoms with Gasteiger partial charge in [0.2, 0.25) is 11.8 Å². The molecule has 2 heterocycles. The highest BCUT2D eigenvalue weighted by atomic mass is 19.3. The van der Waals surface area contributed by atoms with E-state index >= 15 is 0 Å². The normalized spacial score (nSPS) is 22.0. The summed E-state index contributed by atoms with van der Waals surface area (Å²) in [6, 6.07) is 3.83. The highest BCUT2D eigenvalue weighted by Crippen LogP contribution is 2.35. The van der Waals surface area contributed by atoms with Crippen LogP contribution in [0.15, 0.2) is 24.3 Å². The number of carbonyl (C=O) groups is 4. The molecule has 2 N–H and O–H groups in total. The lowest BCUT2D eigenvalue weighted by atomic mass is 10.0. The maximum atomic E-state index is 14.6. The predicted octanol–water partition coefficient (Wildman–Crippen LogP) is 1.97. The predicted molar refractivity (Wildman–Crippen MR) is 141 cm³/mol. The Bertz CT molecular complexity index is 1120. The van der Waals surface area contributed by atoms with Gasteiger partial charge in [-0.3, -0.25) is 19.2 Å². The van der Waals surface area contributed by atoms with Crippen molar-refractivity contribution in [1.82, 2.24) is 20.4 Å². The highest BCUT2D eigenvalue weighted by molar-refractivity contribution is 6.00. The molecule has 2 saturated heterocycles. The molecule has 1 aromatic carbocycles. The van der Waals surface area contributed by atoms with Gasteiger partial charge >= 0.3 is 0 Å². The van der Waals surface area contributed by atoms with Crippen molar-refractivity contribution >= 4 is 23.6 Å². The summed E-state index contributed by atoms with van der Waals surface area (Å²) in [5.41, 5.74) is -0.114. The van der Waals surface area contributed by atoms with E-state index in [1.165, 1.54) is 11.0 Å². The van der Waals surface area contributed by atoms with Crippen LogP contribution in [0.2, 0.25) is 0 Å². The number of likely N-dealkylation sites (tertiary alicyclic amines) is 1. The molecule has 220 valence electrons. The van der Waals surface area contributed by atoms with Gasteiger partial charge in [0, 0.05) is 25.0 Å². The van der Waals surface area contributed by atoms with Crippen molar-refractivity contribution in [2.75, 3.05) is 39.5 Å². The van der Waals surface area contributed by atoms with Crippen molar-refractivity contribution in [3.63, 3.8) is 0 Å². The Morgan fingerprint density at radius 2 is 1.80 bits per heavy atom. The minimum Gasteiger partial charge on any atom is -0.483 e. The summed E-state index contributed by atoms with van der Waals surface area (Å²) < 4.78 is 40.0. The Morgan fingerprint density at radius 1 is 1.12 bits per heavy atom. The van der Waals surface area contributed by atoms with E-state index in [4.69, 9.17) is 9.47 Å². The number of alkyl halides is 2.